The second-order valence-electron chi connectivity index (χ2n) is 7.73. The van der Waals surface area contributed by atoms with Gasteiger partial charge in [-0.3, -0.25) is 0 Å². The van der Waals surface area contributed by atoms with Gasteiger partial charge in [0.2, 0.25) is 5.82 Å². The first-order valence-electron chi connectivity index (χ1n) is 10.4. The van der Waals surface area contributed by atoms with Crippen LogP contribution in [0.15, 0.2) is 58.8 Å². The molecule has 0 saturated heterocycles. The number of unbranched alkanes of at least 4 members (excludes halogenated alkanes) is 1. The monoisotopic (exact) mass is 452 g/mol. The Bertz CT molecular complexity index is 1120. The van der Waals surface area contributed by atoms with Crippen LogP contribution in [0.3, 0.4) is 0 Å². The molecule has 5 nitrogen and oxygen atoms in total. The number of nitrogens with zero attached hydrogens (tertiary/aromatic N) is 3. The number of benzene rings is 2. The number of aryl methyl sites for hydroxylation is 1. The van der Waals surface area contributed by atoms with Crippen molar-refractivity contribution in [1.82, 2.24) is 20.4 Å². The summed E-state index contributed by atoms with van der Waals surface area (Å²) in [5, 5.41) is 9.08. The first kappa shape index (κ1) is 21.5. The average Bonchev–Trinajstić information content (AvgIpc) is 3.23. The molecule has 1 N–H and O–H groups in total. The molecule has 0 radical (unpaired) electrons. The van der Waals surface area contributed by atoms with Crippen LogP contribution in [0.1, 0.15) is 49.7 Å². The lowest BCUT2D eigenvalue weighted by molar-refractivity contribution is 0.395. The number of thiocarbonyl (C=S) groups is 1. The Kier molecular flexibility index (Phi) is 6.39. The Morgan fingerprint density at radius 2 is 1.94 bits per heavy atom. The van der Waals surface area contributed by atoms with Gasteiger partial charge in [-0.25, -0.2) is 0 Å². The van der Waals surface area contributed by atoms with Gasteiger partial charge in [0.1, 0.15) is 0 Å². The maximum Gasteiger partial charge on any atom is 0.258 e. The summed E-state index contributed by atoms with van der Waals surface area (Å²) in [6.45, 7) is 7.11. The second kappa shape index (κ2) is 9.20. The van der Waals surface area contributed by atoms with E-state index in [0.29, 0.717) is 21.9 Å². The van der Waals surface area contributed by atoms with Crippen molar-refractivity contribution in [3.63, 3.8) is 0 Å². The zero-order valence-corrected chi connectivity index (χ0v) is 19.4. The van der Waals surface area contributed by atoms with Crippen molar-refractivity contribution in [2.45, 2.75) is 39.7 Å². The van der Waals surface area contributed by atoms with Crippen LogP contribution in [0.4, 0.5) is 0 Å². The van der Waals surface area contributed by atoms with Gasteiger partial charge in [0, 0.05) is 22.8 Å². The van der Waals surface area contributed by atoms with Crippen LogP contribution in [0.5, 0.6) is 0 Å². The maximum absolute atomic E-state index is 6.29. The molecule has 1 aliphatic rings. The molecular formula is C24H25ClN4OS. The van der Waals surface area contributed by atoms with Crippen LogP contribution in [-0.4, -0.2) is 26.7 Å². The summed E-state index contributed by atoms with van der Waals surface area (Å²) in [6.07, 6.45) is 2.12. The van der Waals surface area contributed by atoms with Crippen molar-refractivity contribution in [2.75, 3.05) is 6.54 Å². The topological polar surface area (TPSA) is 54.2 Å². The molecule has 3 aromatic rings. The van der Waals surface area contributed by atoms with Crippen LogP contribution >= 0.6 is 23.8 Å². The van der Waals surface area contributed by atoms with E-state index in [0.717, 1.165) is 41.8 Å². The third-order valence-electron chi connectivity index (χ3n) is 5.48. The highest BCUT2D eigenvalue weighted by Gasteiger charge is 2.33. The third kappa shape index (κ3) is 4.50. The number of rotatable bonds is 6. The summed E-state index contributed by atoms with van der Waals surface area (Å²) in [7, 11) is 0. The van der Waals surface area contributed by atoms with Gasteiger partial charge in [0.15, 0.2) is 5.11 Å². The van der Waals surface area contributed by atoms with Gasteiger partial charge in [-0.15, -0.1) is 0 Å². The van der Waals surface area contributed by atoms with Crippen molar-refractivity contribution in [3.05, 3.63) is 76.3 Å². The van der Waals surface area contributed by atoms with Crippen molar-refractivity contribution in [2.24, 2.45) is 0 Å². The molecule has 160 valence electrons. The van der Waals surface area contributed by atoms with E-state index in [1.54, 1.807) is 0 Å². The SMILES string of the molecule is CCCCN1C(=S)NC(c2cccc(Cl)c2)C(c2nc(-c3ccc(C)cc3)no2)=C1C. The number of aromatic nitrogens is 2. The molecule has 0 spiro atoms. The predicted octanol–water partition coefficient (Wildman–Crippen LogP) is 6.16. The largest absolute Gasteiger partial charge is 0.351 e. The van der Waals surface area contributed by atoms with Crippen LogP contribution in [0.2, 0.25) is 5.02 Å². The fourth-order valence-electron chi connectivity index (χ4n) is 3.73. The van der Waals surface area contributed by atoms with Gasteiger partial charge in [0.25, 0.3) is 5.89 Å². The Balaban J connectivity index is 1.80. The molecule has 0 bridgehead atoms. The number of halogens is 1. The molecule has 1 atom stereocenters. The fraction of sp³-hybridized carbons (Fsp3) is 0.292. The summed E-state index contributed by atoms with van der Waals surface area (Å²) < 4.78 is 5.77. The average molecular weight is 453 g/mol. The molecule has 2 aromatic carbocycles. The molecule has 1 unspecified atom stereocenters. The summed E-state index contributed by atoms with van der Waals surface area (Å²) in [4.78, 5) is 6.86. The lowest BCUT2D eigenvalue weighted by atomic mass is 9.94. The highest BCUT2D eigenvalue weighted by molar-refractivity contribution is 7.80. The van der Waals surface area contributed by atoms with E-state index in [4.69, 9.17) is 33.3 Å². The molecule has 0 saturated carbocycles. The zero-order valence-electron chi connectivity index (χ0n) is 17.9. The molecule has 7 heteroatoms. The standard InChI is InChI=1S/C24H25ClN4OS/c1-4-5-13-29-16(3)20(21(26-24(29)31)18-7-6-8-19(25)14-18)23-27-22(28-30-23)17-11-9-15(2)10-12-17/h6-12,14,21H,4-5,13H2,1-3H3,(H,26,31). The smallest absolute Gasteiger partial charge is 0.258 e. The number of hydrogen-bond acceptors (Lipinski definition) is 4. The van der Waals surface area contributed by atoms with Crippen molar-refractivity contribution in [3.8, 4) is 11.4 Å². The minimum atomic E-state index is -0.226. The molecule has 2 heterocycles. The maximum atomic E-state index is 6.29. The summed E-state index contributed by atoms with van der Waals surface area (Å²) in [5.74, 6) is 1.04. The molecule has 0 fully saturated rings. The van der Waals surface area contributed by atoms with Gasteiger partial charge in [-0.2, -0.15) is 4.98 Å². The molecule has 0 amide bonds. The molecule has 0 aliphatic carbocycles. The lowest BCUT2D eigenvalue weighted by Gasteiger charge is -2.37. The Hall–Kier alpha value is -2.70. The van der Waals surface area contributed by atoms with E-state index in [2.05, 4.69) is 36.1 Å². The third-order valence-corrected chi connectivity index (χ3v) is 6.05. The first-order valence-corrected chi connectivity index (χ1v) is 11.2. The molecule has 1 aliphatic heterocycles. The van der Waals surface area contributed by atoms with E-state index in [1.165, 1.54) is 5.56 Å². The van der Waals surface area contributed by atoms with Gasteiger partial charge in [-0.1, -0.05) is 72.1 Å². The van der Waals surface area contributed by atoms with E-state index < -0.39 is 0 Å². The second-order valence-corrected chi connectivity index (χ2v) is 8.55. The Morgan fingerprint density at radius 3 is 2.65 bits per heavy atom. The van der Waals surface area contributed by atoms with Gasteiger partial charge in [-0.05, 0) is 50.2 Å². The number of nitrogens with one attached hydrogen (secondary N) is 1. The van der Waals surface area contributed by atoms with Crippen molar-refractivity contribution in [1.29, 1.82) is 0 Å². The molecule has 31 heavy (non-hydrogen) atoms. The van der Waals surface area contributed by atoms with Gasteiger partial charge >= 0.3 is 0 Å². The van der Waals surface area contributed by atoms with E-state index in [-0.39, 0.29) is 6.04 Å². The fourth-order valence-corrected chi connectivity index (χ4v) is 4.28. The first-order chi connectivity index (χ1) is 15.0. The van der Waals surface area contributed by atoms with Crippen molar-refractivity contribution >= 4 is 34.5 Å². The van der Waals surface area contributed by atoms with Crippen LogP contribution in [-0.2, 0) is 0 Å². The molecular weight excluding hydrogens is 428 g/mol. The van der Waals surface area contributed by atoms with E-state index in [9.17, 15) is 0 Å². The van der Waals surface area contributed by atoms with Crippen LogP contribution in [0, 0.1) is 6.92 Å². The predicted molar refractivity (Wildman–Crippen MR) is 129 cm³/mol. The highest BCUT2D eigenvalue weighted by Crippen LogP contribution is 2.38. The Morgan fingerprint density at radius 1 is 1.16 bits per heavy atom. The minimum absolute atomic E-state index is 0.226. The van der Waals surface area contributed by atoms with E-state index >= 15 is 0 Å². The molecule has 4 rings (SSSR count). The summed E-state index contributed by atoms with van der Waals surface area (Å²) >= 11 is 12.0. The zero-order chi connectivity index (χ0) is 22.0. The number of hydrogen-bond donors (Lipinski definition) is 1. The minimum Gasteiger partial charge on any atom is -0.351 e. The number of allylic oxidation sites excluding steroid dienone is 1. The summed E-state index contributed by atoms with van der Waals surface area (Å²) in [6, 6.07) is 15.6. The quantitative estimate of drug-likeness (QED) is 0.452. The van der Waals surface area contributed by atoms with E-state index in [1.807, 2.05) is 48.5 Å². The lowest BCUT2D eigenvalue weighted by Crippen LogP contribution is -2.46. The highest BCUT2D eigenvalue weighted by atomic mass is 35.5. The van der Waals surface area contributed by atoms with Gasteiger partial charge in [0.05, 0.1) is 11.6 Å². The Labute approximate surface area is 193 Å². The van der Waals surface area contributed by atoms with Crippen molar-refractivity contribution < 1.29 is 4.52 Å². The molecule has 1 aromatic heterocycles. The van der Waals surface area contributed by atoms with Crippen LogP contribution < -0.4 is 5.32 Å². The van der Waals surface area contributed by atoms with Crippen LogP contribution in [0.25, 0.3) is 17.0 Å². The summed E-state index contributed by atoms with van der Waals surface area (Å²) in [5.41, 5.74) is 5.03. The van der Waals surface area contributed by atoms with Gasteiger partial charge < -0.3 is 14.7 Å². The normalized spacial score (nSPS) is 16.6.